The summed E-state index contributed by atoms with van der Waals surface area (Å²) in [6.45, 7) is 0. The van der Waals surface area contributed by atoms with Crippen LogP contribution in [0.15, 0.2) is 0 Å². The summed E-state index contributed by atoms with van der Waals surface area (Å²) in [4.78, 5) is 20.5. The molecule has 0 saturated heterocycles. The van der Waals surface area contributed by atoms with E-state index < -0.39 is 24.3 Å². The molecule has 0 heterocycles. The molecule has 0 unspecified atom stereocenters. The van der Waals surface area contributed by atoms with E-state index in [9.17, 15) is 9.59 Å². The van der Waals surface area contributed by atoms with Gasteiger partial charge in [0, 0.05) is 7.05 Å². The van der Waals surface area contributed by atoms with Gasteiger partial charge in [-0.3, -0.25) is 9.59 Å². The molecule has 1 amide bonds. The Morgan fingerprint density at radius 3 is 2.18 bits per heavy atom. The Bertz CT molecular complexity index is 168. The van der Waals surface area contributed by atoms with Crippen LogP contribution in [0.1, 0.15) is 6.42 Å². The number of nitrogens with zero attached hydrogens (tertiary/aromatic N) is 1. The maximum absolute atomic E-state index is 10.4. The van der Waals surface area contributed by atoms with Gasteiger partial charge in [-0.15, -0.1) is 0 Å². The van der Waals surface area contributed by atoms with Gasteiger partial charge in [0.05, 0.1) is 6.42 Å². The van der Waals surface area contributed by atoms with Gasteiger partial charge in [-0.2, -0.15) is 5.06 Å². The van der Waals surface area contributed by atoms with E-state index in [1.807, 2.05) is 0 Å². The largest absolute Gasteiger partial charge is 0.481 e. The zero-order valence-corrected chi connectivity index (χ0v) is 6.02. The van der Waals surface area contributed by atoms with Crippen molar-refractivity contribution < 1.29 is 19.9 Å². The summed E-state index contributed by atoms with van der Waals surface area (Å²) in [5, 5.41) is 17.4. The number of nitrogens with two attached hydrogens (primary N) is 1. The highest BCUT2D eigenvalue weighted by atomic mass is 16.5. The molecule has 6 nitrogen and oxygen atoms in total. The van der Waals surface area contributed by atoms with E-state index in [0.717, 1.165) is 0 Å². The van der Waals surface area contributed by atoms with Crippen LogP contribution >= 0.6 is 0 Å². The minimum Gasteiger partial charge on any atom is -0.481 e. The molecule has 0 aromatic heterocycles. The molecular weight excluding hydrogens is 152 g/mol. The second-order valence-corrected chi connectivity index (χ2v) is 2.09. The number of hydroxylamine groups is 2. The molecule has 6 heteroatoms. The van der Waals surface area contributed by atoms with Crippen molar-refractivity contribution in [3.8, 4) is 0 Å². The van der Waals surface area contributed by atoms with Crippen LogP contribution < -0.4 is 5.73 Å². The van der Waals surface area contributed by atoms with Gasteiger partial charge in [0.15, 0.2) is 0 Å². The second kappa shape index (κ2) is 3.89. The number of aliphatic carboxylic acids is 1. The van der Waals surface area contributed by atoms with E-state index in [1.165, 1.54) is 7.05 Å². The zero-order valence-electron chi connectivity index (χ0n) is 6.02. The molecule has 1 atom stereocenters. The third kappa shape index (κ3) is 3.54. The summed E-state index contributed by atoms with van der Waals surface area (Å²) < 4.78 is 0. The van der Waals surface area contributed by atoms with Gasteiger partial charge in [-0.25, -0.2) is 0 Å². The predicted molar refractivity (Wildman–Crippen MR) is 34.8 cm³/mol. The summed E-state index contributed by atoms with van der Waals surface area (Å²) in [6.07, 6.45) is -0.498. The summed E-state index contributed by atoms with van der Waals surface area (Å²) in [6, 6.07) is -1.16. The van der Waals surface area contributed by atoms with Gasteiger partial charge in [-0.05, 0) is 0 Å². The molecule has 11 heavy (non-hydrogen) atoms. The lowest BCUT2D eigenvalue weighted by molar-refractivity contribution is -0.155. The van der Waals surface area contributed by atoms with Crippen LogP contribution in [-0.2, 0) is 9.59 Å². The van der Waals surface area contributed by atoms with Gasteiger partial charge in [0.2, 0.25) is 5.91 Å². The first-order valence-corrected chi connectivity index (χ1v) is 2.88. The van der Waals surface area contributed by atoms with Crippen molar-refractivity contribution in [3.05, 3.63) is 0 Å². The van der Waals surface area contributed by atoms with E-state index in [2.05, 4.69) is 0 Å². The molecular formula is C5H10N2O4. The Balaban J connectivity index is 4.12. The fourth-order valence-electron chi connectivity index (χ4n) is 0.582. The number of rotatable bonds is 4. The Labute approximate surface area is 63.2 Å². The van der Waals surface area contributed by atoms with E-state index in [-0.39, 0.29) is 0 Å². The summed E-state index contributed by atoms with van der Waals surface area (Å²) in [5.41, 5.74) is 4.78. The molecule has 0 radical (unpaired) electrons. The molecule has 0 fully saturated rings. The first kappa shape index (κ1) is 9.86. The first-order valence-electron chi connectivity index (χ1n) is 2.88. The number of carboxylic acid groups (broad SMARTS) is 1. The standard InChI is InChI=1S/C5H10N2O4/c1-7(11)3(5(6)10)2-4(8)9/h3,11H,2H2,1H3,(H2,6,10)(H,8,9)/t3-/m0/s1. The van der Waals surface area contributed by atoms with Gasteiger partial charge < -0.3 is 16.0 Å². The average molecular weight is 162 g/mol. The van der Waals surface area contributed by atoms with Crippen molar-refractivity contribution in [2.24, 2.45) is 5.73 Å². The maximum atomic E-state index is 10.4. The number of hydrogen-bond acceptors (Lipinski definition) is 4. The van der Waals surface area contributed by atoms with Crippen LogP contribution in [-0.4, -0.2) is 40.3 Å². The molecule has 0 aromatic carbocycles. The predicted octanol–water partition coefficient (Wildman–Crippen LogP) is -1.36. The average Bonchev–Trinajstić information content (AvgIpc) is 1.81. The topological polar surface area (TPSA) is 104 Å². The maximum Gasteiger partial charge on any atom is 0.305 e. The zero-order chi connectivity index (χ0) is 9.02. The summed E-state index contributed by atoms with van der Waals surface area (Å²) >= 11 is 0. The normalized spacial score (nSPS) is 13.0. The molecule has 0 aromatic rings. The van der Waals surface area contributed by atoms with Crippen LogP contribution in [0, 0.1) is 0 Å². The fourth-order valence-corrected chi connectivity index (χ4v) is 0.582. The van der Waals surface area contributed by atoms with Crippen LogP contribution in [0.5, 0.6) is 0 Å². The first-order chi connectivity index (χ1) is 4.95. The highest BCUT2D eigenvalue weighted by Crippen LogP contribution is 1.97. The van der Waals surface area contributed by atoms with Crippen molar-refractivity contribution >= 4 is 11.9 Å². The van der Waals surface area contributed by atoms with Crippen LogP contribution in [0.3, 0.4) is 0 Å². The van der Waals surface area contributed by atoms with Gasteiger partial charge in [0.25, 0.3) is 0 Å². The number of carbonyl (C=O) groups excluding carboxylic acids is 1. The van der Waals surface area contributed by atoms with Crippen molar-refractivity contribution in [2.45, 2.75) is 12.5 Å². The quantitative estimate of drug-likeness (QED) is 0.443. The lowest BCUT2D eigenvalue weighted by Gasteiger charge is -2.16. The molecule has 64 valence electrons. The Kier molecular flexibility index (Phi) is 3.49. The van der Waals surface area contributed by atoms with E-state index in [1.54, 1.807) is 0 Å². The smallest absolute Gasteiger partial charge is 0.305 e. The number of primary amides is 1. The second-order valence-electron chi connectivity index (χ2n) is 2.09. The Hall–Kier alpha value is -1.14. The molecule has 4 N–H and O–H groups in total. The van der Waals surface area contributed by atoms with Crippen molar-refractivity contribution in [1.29, 1.82) is 0 Å². The SMILES string of the molecule is CN(O)[C@@H](CC(=O)O)C(N)=O. The highest BCUT2D eigenvalue weighted by Gasteiger charge is 2.22. The molecule has 0 aliphatic heterocycles. The van der Waals surface area contributed by atoms with Crippen molar-refractivity contribution in [1.82, 2.24) is 5.06 Å². The van der Waals surface area contributed by atoms with Crippen LogP contribution in [0.4, 0.5) is 0 Å². The Morgan fingerprint density at radius 1 is 1.64 bits per heavy atom. The monoisotopic (exact) mass is 162 g/mol. The van der Waals surface area contributed by atoms with Gasteiger partial charge in [-0.1, -0.05) is 0 Å². The van der Waals surface area contributed by atoms with Crippen molar-refractivity contribution in [2.75, 3.05) is 7.05 Å². The number of carboxylic acids is 1. The fraction of sp³-hybridized carbons (Fsp3) is 0.600. The molecule has 0 bridgehead atoms. The minimum atomic E-state index is -1.19. The molecule has 0 aliphatic carbocycles. The lowest BCUT2D eigenvalue weighted by Crippen LogP contribution is -2.42. The number of hydrogen-bond donors (Lipinski definition) is 3. The minimum absolute atomic E-state index is 0.483. The van der Waals surface area contributed by atoms with E-state index >= 15 is 0 Å². The lowest BCUT2D eigenvalue weighted by atomic mass is 10.2. The molecule has 0 aliphatic rings. The van der Waals surface area contributed by atoms with Crippen molar-refractivity contribution in [3.63, 3.8) is 0 Å². The third-order valence-corrected chi connectivity index (χ3v) is 1.15. The highest BCUT2D eigenvalue weighted by molar-refractivity contribution is 5.84. The summed E-state index contributed by atoms with van der Waals surface area (Å²) in [5.74, 6) is -2.05. The van der Waals surface area contributed by atoms with E-state index in [0.29, 0.717) is 5.06 Å². The molecule has 0 saturated carbocycles. The van der Waals surface area contributed by atoms with E-state index in [4.69, 9.17) is 16.0 Å². The molecule has 0 spiro atoms. The molecule has 0 rings (SSSR count). The number of carbonyl (C=O) groups is 2. The Morgan fingerprint density at radius 2 is 2.09 bits per heavy atom. The van der Waals surface area contributed by atoms with Gasteiger partial charge >= 0.3 is 5.97 Å². The van der Waals surface area contributed by atoms with Crippen LogP contribution in [0.25, 0.3) is 0 Å². The third-order valence-electron chi connectivity index (χ3n) is 1.15. The summed E-state index contributed by atoms with van der Waals surface area (Å²) in [7, 11) is 1.17. The number of amides is 1. The van der Waals surface area contributed by atoms with Crippen LogP contribution in [0.2, 0.25) is 0 Å². The van der Waals surface area contributed by atoms with Gasteiger partial charge in [0.1, 0.15) is 6.04 Å². The number of likely N-dealkylation sites (N-methyl/N-ethyl adjacent to an activating group) is 1.